The maximum absolute atomic E-state index is 5.22. The average molecular weight is 312 g/mol. The lowest BCUT2D eigenvalue weighted by Crippen LogP contribution is -2.04. The highest BCUT2D eigenvalue weighted by molar-refractivity contribution is 9.10. The fourth-order valence-electron chi connectivity index (χ4n) is 1.57. The minimum absolute atomic E-state index is 0.859. The predicted octanol–water partition coefficient (Wildman–Crippen LogP) is 4.17. The Hall–Kier alpha value is -1.00. The molecule has 2 nitrogen and oxygen atoms in total. The first-order chi connectivity index (χ1) is 8.28. The van der Waals surface area contributed by atoms with Gasteiger partial charge in [0.05, 0.1) is 7.11 Å². The molecule has 0 atom stereocenters. The molecule has 90 valence electrons. The van der Waals surface area contributed by atoms with Gasteiger partial charge in [0.25, 0.3) is 0 Å². The minimum atomic E-state index is 0.859. The number of thiophene rings is 1. The third-order valence-corrected chi connectivity index (χ3v) is 3.62. The van der Waals surface area contributed by atoms with Crippen LogP contribution in [-0.4, -0.2) is 13.7 Å². The molecule has 0 bridgehead atoms. The lowest BCUT2D eigenvalue weighted by atomic mass is 10.2. The van der Waals surface area contributed by atoms with Crippen molar-refractivity contribution < 1.29 is 4.74 Å². The molecule has 2 aromatic rings. The number of anilines is 1. The normalized spacial score (nSPS) is 10.2. The van der Waals surface area contributed by atoms with E-state index in [1.165, 1.54) is 5.56 Å². The lowest BCUT2D eigenvalue weighted by Gasteiger charge is -2.08. The Balaban J connectivity index is 1.92. The highest BCUT2D eigenvalue weighted by atomic mass is 79.9. The first-order valence-corrected chi connectivity index (χ1v) is 7.11. The van der Waals surface area contributed by atoms with Gasteiger partial charge in [-0.1, -0.05) is 15.9 Å². The molecule has 2 rings (SSSR count). The topological polar surface area (TPSA) is 21.3 Å². The van der Waals surface area contributed by atoms with Crippen molar-refractivity contribution in [2.24, 2.45) is 0 Å². The number of hydrogen-bond donors (Lipinski definition) is 1. The summed E-state index contributed by atoms with van der Waals surface area (Å²) in [6.07, 6.45) is 1.04. The first-order valence-electron chi connectivity index (χ1n) is 5.37. The second-order valence-electron chi connectivity index (χ2n) is 3.69. The molecule has 17 heavy (non-hydrogen) atoms. The van der Waals surface area contributed by atoms with E-state index in [2.05, 4.69) is 44.1 Å². The van der Waals surface area contributed by atoms with Gasteiger partial charge in [0, 0.05) is 22.8 Å². The van der Waals surface area contributed by atoms with Crippen LogP contribution in [0.5, 0.6) is 5.75 Å². The third kappa shape index (κ3) is 3.75. The first kappa shape index (κ1) is 12.5. The predicted molar refractivity (Wildman–Crippen MR) is 77.2 cm³/mol. The molecule has 0 aliphatic carbocycles. The van der Waals surface area contributed by atoms with Gasteiger partial charge in [0.15, 0.2) is 0 Å². The highest BCUT2D eigenvalue weighted by Crippen LogP contribution is 2.24. The summed E-state index contributed by atoms with van der Waals surface area (Å²) < 4.78 is 6.24. The van der Waals surface area contributed by atoms with E-state index in [9.17, 15) is 0 Å². The van der Waals surface area contributed by atoms with Gasteiger partial charge >= 0.3 is 0 Å². The van der Waals surface area contributed by atoms with E-state index < -0.39 is 0 Å². The Morgan fingerprint density at radius 3 is 2.94 bits per heavy atom. The van der Waals surface area contributed by atoms with Crippen LogP contribution in [0.15, 0.2) is 39.5 Å². The van der Waals surface area contributed by atoms with E-state index in [0.29, 0.717) is 0 Å². The Labute approximate surface area is 114 Å². The highest BCUT2D eigenvalue weighted by Gasteiger charge is 1.99. The summed E-state index contributed by atoms with van der Waals surface area (Å²) in [5.41, 5.74) is 2.45. The molecule has 0 saturated carbocycles. The second-order valence-corrected chi connectivity index (χ2v) is 5.38. The molecule has 0 fully saturated rings. The fourth-order valence-corrected chi connectivity index (χ4v) is 2.74. The van der Waals surface area contributed by atoms with E-state index in [1.54, 1.807) is 18.4 Å². The van der Waals surface area contributed by atoms with Crippen molar-refractivity contribution in [2.75, 3.05) is 19.0 Å². The summed E-state index contributed by atoms with van der Waals surface area (Å²) in [4.78, 5) is 0. The van der Waals surface area contributed by atoms with Crippen LogP contribution in [0.4, 0.5) is 5.69 Å². The van der Waals surface area contributed by atoms with Crippen LogP contribution in [0.3, 0.4) is 0 Å². The van der Waals surface area contributed by atoms with Gasteiger partial charge in [-0.2, -0.15) is 11.3 Å². The zero-order valence-electron chi connectivity index (χ0n) is 9.57. The fraction of sp³-hybridized carbons (Fsp3) is 0.231. The molecule has 0 aliphatic rings. The third-order valence-electron chi connectivity index (χ3n) is 2.43. The summed E-state index contributed by atoms with van der Waals surface area (Å²) in [5.74, 6) is 0.859. The molecular weight excluding hydrogens is 298 g/mol. The van der Waals surface area contributed by atoms with E-state index in [0.717, 1.165) is 28.9 Å². The van der Waals surface area contributed by atoms with Gasteiger partial charge in [-0.3, -0.25) is 0 Å². The minimum Gasteiger partial charge on any atom is -0.497 e. The van der Waals surface area contributed by atoms with Gasteiger partial charge < -0.3 is 10.1 Å². The Bertz CT molecular complexity index is 470. The van der Waals surface area contributed by atoms with Crippen LogP contribution in [0.25, 0.3) is 0 Å². The molecule has 0 spiro atoms. The van der Waals surface area contributed by atoms with Gasteiger partial charge in [-0.15, -0.1) is 0 Å². The molecule has 0 unspecified atom stereocenters. The van der Waals surface area contributed by atoms with E-state index in [-0.39, 0.29) is 0 Å². The van der Waals surface area contributed by atoms with Crippen molar-refractivity contribution in [1.29, 1.82) is 0 Å². The van der Waals surface area contributed by atoms with Crippen molar-refractivity contribution in [3.05, 3.63) is 45.1 Å². The Morgan fingerprint density at radius 1 is 1.35 bits per heavy atom. The molecule has 1 heterocycles. The van der Waals surface area contributed by atoms with Crippen molar-refractivity contribution in [2.45, 2.75) is 6.42 Å². The van der Waals surface area contributed by atoms with E-state index in [1.807, 2.05) is 12.1 Å². The molecule has 0 aliphatic heterocycles. The largest absolute Gasteiger partial charge is 0.497 e. The monoisotopic (exact) mass is 311 g/mol. The maximum Gasteiger partial charge on any atom is 0.122 e. The Kier molecular flexibility index (Phi) is 4.45. The molecule has 0 amide bonds. The van der Waals surface area contributed by atoms with Gasteiger partial charge in [-0.05, 0) is 40.9 Å². The summed E-state index contributed by atoms with van der Waals surface area (Å²) in [7, 11) is 1.68. The van der Waals surface area contributed by atoms with E-state index >= 15 is 0 Å². The summed E-state index contributed by atoms with van der Waals surface area (Å²) in [6.45, 7) is 0.927. The number of nitrogens with one attached hydrogen (secondary N) is 1. The van der Waals surface area contributed by atoms with Gasteiger partial charge in [0.1, 0.15) is 5.75 Å². The van der Waals surface area contributed by atoms with Crippen LogP contribution in [-0.2, 0) is 6.42 Å². The summed E-state index contributed by atoms with van der Waals surface area (Å²) >= 11 is 5.21. The lowest BCUT2D eigenvalue weighted by molar-refractivity contribution is 0.414. The molecule has 0 radical (unpaired) electrons. The maximum atomic E-state index is 5.22. The van der Waals surface area contributed by atoms with Crippen molar-refractivity contribution in [3.8, 4) is 5.75 Å². The van der Waals surface area contributed by atoms with Crippen molar-refractivity contribution in [1.82, 2.24) is 0 Å². The molecule has 1 aromatic heterocycles. The van der Waals surface area contributed by atoms with Crippen molar-refractivity contribution >= 4 is 33.0 Å². The molecule has 0 saturated heterocycles. The summed E-state index contributed by atoms with van der Waals surface area (Å²) in [5, 5.41) is 7.69. The summed E-state index contributed by atoms with van der Waals surface area (Å²) in [6, 6.07) is 8.16. The van der Waals surface area contributed by atoms with Gasteiger partial charge in [0.2, 0.25) is 0 Å². The molecule has 1 aromatic carbocycles. The number of methoxy groups -OCH3 is 1. The van der Waals surface area contributed by atoms with Crippen LogP contribution < -0.4 is 10.1 Å². The van der Waals surface area contributed by atoms with Crippen molar-refractivity contribution in [3.63, 3.8) is 0 Å². The van der Waals surface area contributed by atoms with Crippen LogP contribution in [0, 0.1) is 0 Å². The Morgan fingerprint density at radius 2 is 2.24 bits per heavy atom. The number of ether oxygens (including phenoxy) is 1. The number of benzene rings is 1. The zero-order chi connectivity index (χ0) is 12.1. The number of halogens is 1. The SMILES string of the molecule is COc1cc(Br)cc(NCCc2ccsc2)c1. The van der Waals surface area contributed by atoms with Gasteiger partial charge in [-0.25, -0.2) is 0 Å². The average Bonchev–Trinajstić information content (AvgIpc) is 2.81. The second kappa shape index (κ2) is 6.07. The van der Waals surface area contributed by atoms with E-state index in [4.69, 9.17) is 4.74 Å². The number of hydrogen-bond acceptors (Lipinski definition) is 3. The quantitative estimate of drug-likeness (QED) is 0.894. The molecular formula is C13H14BrNOS. The standard InChI is InChI=1S/C13H14BrNOS/c1-16-13-7-11(14)6-12(8-13)15-4-2-10-3-5-17-9-10/h3,5-9,15H,2,4H2,1H3. The molecule has 1 N–H and O–H groups in total. The van der Waals surface area contributed by atoms with Crippen LogP contribution >= 0.6 is 27.3 Å². The van der Waals surface area contributed by atoms with Crippen LogP contribution in [0.1, 0.15) is 5.56 Å². The zero-order valence-corrected chi connectivity index (χ0v) is 12.0. The molecule has 4 heteroatoms. The van der Waals surface area contributed by atoms with Crippen LogP contribution in [0.2, 0.25) is 0 Å². The number of rotatable bonds is 5. The smallest absolute Gasteiger partial charge is 0.122 e.